The number of nitriles is 1. The number of benzene rings is 1. The van der Waals surface area contributed by atoms with Crippen LogP contribution in [-0.2, 0) is 6.61 Å². The lowest BCUT2D eigenvalue weighted by Crippen LogP contribution is -1.83. The molecule has 0 aliphatic carbocycles. The molecule has 13 heavy (non-hydrogen) atoms. The largest absolute Gasteiger partial charge is 0.392 e. The minimum atomic E-state index is 0.0216. The Kier molecular flexibility index (Phi) is 3.57. The molecule has 0 radical (unpaired) electrons. The van der Waals surface area contributed by atoms with Crippen LogP contribution in [0.5, 0.6) is 0 Å². The summed E-state index contributed by atoms with van der Waals surface area (Å²) in [5, 5.41) is 17.1. The molecule has 0 fully saturated rings. The molecule has 0 saturated heterocycles. The summed E-state index contributed by atoms with van der Waals surface area (Å²) in [6.07, 6.45) is 0.239. The minimum absolute atomic E-state index is 0.0216. The molecule has 1 N–H and O–H groups in total. The average molecular weight is 171 g/mol. The van der Waals surface area contributed by atoms with E-state index < -0.39 is 0 Å². The summed E-state index contributed by atoms with van der Waals surface area (Å²) < 4.78 is 0. The Morgan fingerprint density at radius 2 is 2.23 bits per heavy atom. The highest BCUT2D eigenvalue weighted by Crippen LogP contribution is 2.03. The van der Waals surface area contributed by atoms with Crippen molar-refractivity contribution >= 4 is 0 Å². The standard InChI is InChI=1S/C11H9NO/c12-7-2-1-4-10-5-3-6-11(8-10)9-13/h3,5-6,8,13H,2,9H2. The zero-order chi connectivity index (χ0) is 9.52. The molecule has 0 atom stereocenters. The Balaban J connectivity index is 2.80. The first kappa shape index (κ1) is 9.32. The summed E-state index contributed by atoms with van der Waals surface area (Å²) in [6.45, 7) is 0.0216. The van der Waals surface area contributed by atoms with Gasteiger partial charge in [0.2, 0.25) is 0 Å². The Morgan fingerprint density at radius 3 is 2.92 bits per heavy atom. The first-order chi connectivity index (χ1) is 6.36. The first-order valence-electron chi connectivity index (χ1n) is 3.92. The van der Waals surface area contributed by atoms with Crippen LogP contribution in [0.3, 0.4) is 0 Å². The molecule has 0 aliphatic rings. The molecule has 0 saturated carbocycles. The lowest BCUT2D eigenvalue weighted by atomic mass is 10.1. The van der Waals surface area contributed by atoms with Crippen molar-refractivity contribution in [2.75, 3.05) is 0 Å². The number of hydrogen-bond donors (Lipinski definition) is 1. The van der Waals surface area contributed by atoms with Crippen LogP contribution >= 0.6 is 0 Å². The van der Waals surface area contributed by atoms with E-state index in [1.165, 1.54) is 0 Å². The lowest BCUT2D eigenvalue weighted by molar-refractivity contribution is 0.282. The van der Waals surface area contributed by atoms with Crippen LogP contribution in [0.25, 0.3) is 0 Å². The predicted molar refractivity (Wildman–Crippen MR) is 49.5 cm³/mol. The van der Waals surface area contributed by atoms with Gasteiger partial charge in [0.05, 0.1) is 19.1 Å². The molecule has 0 spiro atoms. The zero-order valence-electron chi connectivity index (χ0n) is 7.12. The van der Waals surface area contributed by atoms with E-state index >= 15 is 0 Å². The molecule has 0 bridgehead atoms. The van der Waals surface area contributed by atoms with Crippen LogP contribution in [-0.4, -0.2) is 5.11 Å². The van der Waals surface area contributed by atoms with Crippen molar-refractivity contribution in [3.63, 3.8) is 0 Å². The van der Waals surface area contributed by atoms with Gasteiger partial charge in [-0.05, 0) is 17.7 Å². The van der Waals surface area contributed by atoms with Gasteiger partial charge in [-0.1, -0.05) is 24.0 Å². The van der Waals surface area contributed by atoms with Crippen molar-refractivity contribution < 1.29 is 5.11 Å². The van der Waals surface area contributed by atoms with Crippen molar-refractivity contribution in [2.24, 2.45) is 0 Å². The molecule has 0 heterocycles. The van der Waals surface area contributed by atoms with Crippen LogP contribution < -0.4 is 0 Å². The Morgan fingerprint density at radius 1 is 1.38 bits per heavy atom. The van der Waals surface area contributed by atoms with Gasteiger partial charge in [-0.15, -0.1) is 0 Å². The topological polar surface area (TPSA) is 44.0 Å². The fourth-order valence-corrected chi connectivity index (χ4v) is 0.933. The van der Waals surface area contributed by atoms with E-state index in [4.69, 9.17) is 10.4 Å². The van der Waals surface area contributed by atoms with Crippen molar-refractivity contribution in [3.8, 4) is 17.9 Å². The SMILES string of the molecule is N#CCC#Cc1cccc(CO)c1. The number of aliphatic hydroxyl groups excluding tert-OH is 1. The maximum Gasteiger partial charge on any atom is 0.0966 e. The Bertz CT molecular complexity index is 379. The predicted octanol–water partition coefficient (Wildman–Crippen LogP) is 1.44. The van der Waals surface area contributed by atoms with Gasteiger partial charge in [0.25, 0.3) is 0 Å². The fourth-order valence-electron chi connectivity index (χ4n) is 0.933. The molecular weight excluding hydrogens is 162 g/mol. The van der Waals surface area contributed by atoms with Crippen molar-refractivity contribution in [2.45, 2.75) is 13.0 Å². The highest BCUT2D eigenvalue weighted by atomic mass is 16.3. The molecule has 0 unspecified atom stereocenters. The van der Waals surface area contributed by atoms with E-state index in [9.17, 15) is 0 Å². The smallest absolute Gasteiger partial charge is 0.0966 e. The molecule has 0 aromatic heterocycles. The van der Waals surface area contributed by atoms with E-state index in [0.717, 1.165) is 11.1 Å². The molecule has 0 aliphatic heterocycles. The normalized spacial score (nSPS) is 8.31. The third kappa shape index (κ3) is 2.99. The summed E-state index contributed by atoms with van der Waals surface area (Å²) in [5.74, 6) is 5.55. The Labute approximate surface area is 77.4 Å². The molecule has 2 heteroatoms. The minimum Gasteiger partial charge on any atom is -0.392 e. The third-order valence-electron chi connectivity index (χ3n) is 1.51. The van der Waals surface area contributed by atoms with Gasteiger partial charge >= 0.3 is 0 Å². The highest BCUT2D eigenvalue weighted by Gasteiger charge is 1.90. The molecule has 1 rings (SSSR count). The molecule has 2 nitrogen and oxygen atoms in total. The van der Waals surface area contributed by atoms with Gasteiger partial charge < -0.3 is 5.11 Å². The second kappa shape index (κ2) is 4.98. The van der Waals surface area contributed by atoms with Crippen molar-refractivity contribution in [1.29, 1.82) is 5.26 Å². The van der Waals surface area contributed by atoms with Crippen LogP contribution in [0.2, 0.25) is 0 Å². The zero-order valence-corrected chi connectivity index (χ0v) is 7.12. The van der Waals surface area contributed by atoms with Crippen LogP contribution in [0.15, 0.2) is 24.3 Å². The van der Waals surface area contributed by atoms with E-state index in [1.807, 2.05) is 30.3 Å². The maximum absolute atomic E-state index is 8.83. The van der Waals surface area contributed by atoms with Gasteiger partial charge in [0.15, 0.2) is 0 Å². The molecule has 1 aromatic rings. The number of nitrogens with zero attached hydrogens (tertiary/aromatic N) is 1. The third-order valence-corrected chi connectivity index (χ3v) is 1.51. The summed E-state index contributed by atoms with van der Waals surface area (Å²) in [4.78, 5) is 0. The van der Waals surface area contributed by atoms with Gasteiger partial charge in [-0.3, -0.25) is 0 Å². The molecule has 1 aromatic carbocycles. The van der Waals surface area contributed by atoms with E-state index in [-0.39, 0.29) is 13.0 Å². The maximum atomic E-state index is 8.83. The summed E-state index contributed by atoms with van der Waals surface area (Å²) in [5.41, 5.74) is 1.67. The van der Waals surface area contributed by atoms with Crippen molar-refractivity contribution in [1.82, 2.24) is 0 Å². The first-order valence-corrected chi connectivity index (χ1v) is 3.92. The average Bonchev–Trinajstić information content (AvgIpc) is 2.19. The van der Waals surface area contributed by atoms with Crippen molar-refractivity contribution in [3.05, 3.63) is 35.4 Å². The summed E-state index contributed by atoms with van der Waals surface area (Å²) >= 11 is 0. The molecular formula is C11H9NO. The van der Waals surface area contributed by atoms with Crippen LogP contribution in [0.4, 0.5) is 0 Å². The monoisotopic (exact) mass is 171 g/mol. The quantitative estimate of drug-likeness (QED) is 0.650. The van der Waals surface area contributed by atoms with Gasteiger partial charge in [-0.25, -0.2) is 0 Å². The van der Waals surface area contributed by atoms with Gasteiger partial charge in [0.1, 0.15) is 0 Å². The molecule has 0 amide bonds. The lowest BCUT2D eigenvalue weighted by Gasteiger charge is -1.94. The highest BCUT2D eigenvalue weighted by molar-refractivity contribution is 5.37. The van der Waals surface area contributed by atoms with E-state index in [2.05, 4.69) is 11.8 Å². The fraction of sp³-hybridized carbons (Fsp3) is 0.182. The summed E-state index contributed by atoms with van der Waals surface area (Å²) in [6, 6.07) is 9.27. The number of hydrogen-bond acceptors (Lipinski definition) is 2. The summed E-state index contributed by atoms with van der Waals surface area (Å²) in [7, 11) is 0. The number of rotatable bonds is 1. The second-order valence-corrected chi connectivity index (χ2v) is 2.50. The van der Waals surface area contributed by atoms with Crippen LogP contribution in [0, 0.1) is 23.2 Å². The van der Waals surface area contributed by atoms with E-state index in [1.54, 1.807) is 0 Å². The second-order valence-electron chi connectivity index (χ2n) is 2.50. The Hall–Kier alpha value is -1.77. The van der Waals surface area contributed by atoms with Crippen LogP contribution in [0.1, 0.15) is 17.5 Å². The van der Waals surface area contributed by atoms with E-state index in [0.29, 0.717) is 0 Å². The molecule has 64 valence electrons. The van der Waals surface area contributed by atoms with Gasteiger partial charge in [-0.2, -0.15) is 5.26 Å². The number of aliphatic hydroxyl groups is 1. The van der Waals surface area contributed by atoms with Gasteiger partial charge in [0, 0.05) is 5.56 Å².